The van der Waals surface area contributed by atoms with E-state index in [1.807, 2.05) is 19.1 Å². The third kappa shape index (κ3) is 2.50. The molecule has 0 bridgehead atoms. The Kier molecular flexibility index (Phi) is 3.50. The van der Waals surface area contributed by atoms with Gasteiger partial charge in [0.05, 0.1) is 0 Å². The summed E-state index contributed by atoms with van der Waals surface area (Å²) in [5.41, 5.74) is 7.78. The highest BCUT2D eigenvalue weighted by molar-refractivity contribution is 5.27. The van der Waals surface area contributed by atoms with Crippen LogP contribution in [0.2, 0.25) is 0 Å². The number of hydrogen-bond acceptors (Lipinski definition) is 2. The summed E-state index contributed by atoms with van der Waals surface area (Å²) in [6.45, 7) is 1.82. The second kappa shape index (κ2) is 4.75. The van der Waals surface area contributed by atoms with Gasteiger partial charge in [0.2, 0.25) is 0 Å². The molecule has 1 saturated carbocycles. The summed E-state index contributed by atoms with van der Waals surface area (Å²) in [5.74, 6) is 0.474. The van der Waals surface area contributed by atoms with Crippen molar-refractivity contribution in [1.82, 2.24) is 4.90 Å². The zero-order chi connectivity index (χ0) is 12.6. The standard InChI is InChI=1S/C14H21FN2/c1-9-6-10(4-5-13(9)15)14(17(2)3)11-7-12(16)8-11/h4-6,11-12,14H,7-8,16H2,1-3H3. The minimum Gasteiger partial charge on any atom is -0.328 e. The van der Waals surface area contributed by atoms with E-state index in [1.165, 1.54) is 5.56 Å². The lowest BCUT2D eigenvalue weighted by atomic mass is 9.73. The van der Waals surface area contributed by atoms with Gasteiger partial charge in [-0.2, -0.15) is 0 Å². The monoisotopic (exact) mass is 236 g/mol. The van der Waals surface area contributed by atoms with Gasteiger partial charge >= 0.3 is 0 Å². The molecule has 0 aromatic heterocycles. The molecule has 1 aliphatic carbocycles. The molecule has 2 rings (SSSR count). The lowest BCUT2D eigenvalue weighted by molar-refractivity contribution is 0.123. The lowest BCUT2D eigenvalue weighted by Gasteiger charge is -2.42. The van der Waals surface area contributed by atoms with Crippen LogP contribution in [0.1, 0.15) is 30.0 Å². The smallest absolute Gasteiger partial charge is 0.126 e. The molecule has 1 aliphatic rings. The molecule has 0 radical (unpaired) electrons. The number of benzene rings is 1. The van der Waals surface area contributed by atoms with Crippen molar-refractivity contribution in [3.05, 3.63) is 35.1 Å². The van der Waals surface area contributed by atoms with E-state index in [9.17, 15) is 4.39 Å². The number of hydrogen-bond donors (Lipinski definition) is 1. The number of nitrogens with two attached hydrogens (primary N) is 1. The summed E-state index contributed by atoms with van der Waals surface area (Å²) in [5, 5.41) is 0. The van der Waals surface area contributed by atoms with Gasteiger partial charge in [-0.1, -0.05) is 12.1 Å². The number of halogens is 1. The molecule has 1 atom stereocenters. The molecule has 0 aliphatic heterocycles. The maximum Gasteiger partial charge on any atom is 0.126 e. The predicted molar refractivity (Wildman–Crippen MR) is 68.3 cm³/mol. The van der Waals surface area contributed by atoms with Gasteiger partial charge in [-0.25, -0.2) is 4.39 Å². The Morgan fingerprint density at radius 3 is 2.47 bits per heavy atom. The van der Waals surface area contributed by atoms with Gasteiger partial charge in [0.15, 0.2) is 0 Å². The predicted octanol–water partition coefficient (Wildman–Crippen LogP) is 2.47. The first kappa shape index (κ1) is 12.5. The van der Waals surface area contributed by atoms with E-state index in [1.54, 1.807) is 6.07 Å². The summed E-state index contributed by atoms with van der Waals surface area (Å²) >= 11 is 0. The Bertz CT molecular complexity index is 397. The number of aryl methyl sites for hydroxylation is 1. The summed E-state index contributed by atoms with van der Waals surface area (Å²) in [6.07, 6.45) is 2.14. The fraction of sp³-hybridized carbons (Fsp3) is 0.571. The van der Waals surface area contributed by atoms with Crippen LogP contribution < -0.4 is 5.73 Å². The Morgan fingerprint density at radius 2 is 2.00 bits per heavy atom. The summed E-state index contributed by atoms with van der Waals surface area (Å²) in [4.78, 5) is 2.21. The molecule has 0 spiro atoms. The van der Waals surface area contributed by atoms with Crippen molar-refractivity contribution in [2.75, 3.05) is 14.1 Å². The van der Waals surface area contributed by atoms with Crippen LogP contribution in [0.15, 0.2) is 18.2 Å². The molecule has 94 valence electrons. The summed E-state index contributed by atoms with van der Waals surface area (Å²) < 4.78 is 13.3. The van der Waals surface area contributed by atoms with Crippen molar-refractivity contribution < 1.29 is 4.39 Å². The SMILES string of the molecule is Cc1cc(C(C2CC(N)C2)N(C)C)ccc1F. The Morgan fingerprint density at radius 1 is 1.35 bits per heavy atom. The van der Waals surface area contributed by atoms with Gasteiger partial charge in [0.25, 0.3) is 0 Å². The van der Waals surface area contributed by atoms with Crippen LogP contribution in [0.3, 0.4) is 0 Å². The molecule has 1 aromatic rings. The zero-order valence-corrected chi connectivity index (χ0v) is 10.8. The first-order valence-corrected chi connectivity index (χ1v) is 6.17. The molecule has 0 heterocycles. The van der Waals surface area contributed by atoms with Crippen molar-refractivity contribution in [2.45, 2.75) is 31.8 Å². The normalized spacial score (nSPS) is 25.8. The number of rotatable bonds is 3. The van der Waals surface area contributed by atoms with Crippen molar-refractivity contribution in [3.8, 4) is 0 Å². The molecule has 3 heteroatoms. The third-order valence-electron chi connectivity index (χ3n) is 3.74. The van der Waals surface area contributed by atoms with Crippen LogP contribution in [0.5, 0.6) is 0 Å². The average molecular weight is 236 g/mol. The summed E-state index contributed by atoms with van der Waals surface area (Å²) in [6, 6.07) is 6.14. The van der Waals surface area contributed by atoms with Crippen molar-refractivity contribution in [1.29, 1.82) is 0 Å². The highest BCUT2D eigenvalue weighted by atomic mass is 19.1. The van der Waals surface area contributed by atoms with Gasteiger partial charge in [-0.05, 0) is 57.0 Å². The average Bonchev–Trinajstić information content (AvgIpc) is 2.20. The highest BCUT2D eigenvalue weighted by Gasteiger charge is 2.35. The number of nitrogens with zero attached hydrogens (tertiary/aromatic N) is 1. The maximum absolute atomic E-state index is 13.3. The van der Waals surface area contributed by atoms with E-state index >= 15 is 0 Å². The third-order valence-corrected chi connectivity index (χ3v) is 3.74. The van der Waals surface area contributed by atoms with Crippen molar-refractivity contribution >= 4 is 0 Å². The van der Waals surface area contributed by atoms with Gasteiger partial charge in [-0.15, -0.1) is 0 Å². The van der Waals surface area contributed by atoms with Gasteiger partial charge < -0.3 is 10.6 Å². The van der Waals surface area contributed by atoms with Gasteiger partial charge in [0.1, 0.15) is 5.82 Å². The molecule has 2 N–H and O–H groups in total. The van der Waals surface area contributed by atoms with E-state index in [0.29, 0.717) is 18.0 Å². The van der Waals surface area contributed by atoms with Crippen LogP contribution in [-0.2, 0) is 0 Å². The molecule has 0 saturated heterocycles. The largest absolute Gasteiger partial charge is 0.328 e. The fourth-order valence-electron chi connectivity index (χ4n) is 2.81. The van der Waals surface area contributed by atoms with Crippen LogP contribution in [0, 0.1) is 18.7 Å². The second-order valence-electron chi connectivity index (χ2n) is 5.41. The van der Waals surface area contributed by atoms with E-state index in [4.69, 9.17) is 5.73 Å². The Labute approximate surface area is 103 Å². The van der Waals surface area contributed by atoms with Crippen molar-refractivity contribution in [3.63, 3.8) is 0 Å². The highest BCUT2D eigenvalue weighted by Crippen LogP contribution is 2.40. The Balaban J connectivity index is 2.23. The molecule has 1 unspecified atom stereocenters. The van der Waals surface area contributed by atoms with Gasteiger partial charge in [0, 0.05) is 12.1 Å². The first-order chi connectivity index (χ1) is 7.99. The van der Waals surface area contributed by atoms with Gasteiger partial charge in [-0.3, -0.25) is 0 Å². The molecular formula is C14H21FN2. The molecule has 2 nitrogen and oxygen atoms in total. The minimum absolute atomic E-state index is 0.128. The molecule has 0 amide bonds. The van der Waals surface area contributed by atoms with Crippen LogP contribution in [-0.4, -0.2) is 25.0 Å². The van der Waals surface area contributed by atoms with Crippen LogP contribution in [0.25, 0.3) is 0 Å². The molecular weight excluding hydrogens is 215 g/mol. The van der Waals surface area contributed by atoms with E-state index < -0.39 is 0 Å². The maximum atomic E-state index is 13.3. The first-order valence-electron chi connectivity index (χ1n) is 6.17. The molecule has 17 heavy (non-hydrogen) atoms. The molecule has 1 aromatic carbocycles. The van der Waals surface area contributed by atoms with Crippen molar-refractivity contribution in [2.24, 2.45) is 11.7 Å². The summed E-state index contributed by atoms with van der Waals surface area (Å²) in [7, 11) is 4.15. The van der Waals surface area contributed by atoms with E-state index in [2.05, 4.69) is 19.0 Å². The second-order valence-corrected chi connectivity index (χ2v) is 5.41. The fourth-order valence-corrected chi connectivity index (χ4v) is 2.81. The van der Waals surface area contributed by atoms with Crippen LogP contribution >= 0.6 is 0 Å². The quantitative estimate of drug-likeness (QED) is 0.873. The molecule has 1 fully saturated rings. The Hall–Kier alpha value is -0.930. The van der Waals surface area contributed by atoms with E-state index in [0.717, 1.165) is 18.4 Å². The lowest BCUT2D eigenvalue weighted by Crippen LogP contribution is -2.43. The van der Waals surface area contributed by atoms with Crippen LogP contribution in [0.4, 0.5) is 4.39 Å². The topological polar surface area (TPSA) is 29.3 Å². The zero-order valence-electron chi connectivity index (χ0n) is 10.8. The minimum atomic E-state index is -0.128. The van der Waals surface area contributed by atoms with E-state index in [-0.39, 0.29) is 5.82 Å².